The molecule has 3 unspecified atom stereocenters. The summed E-state index contributed by atoms with van der Waals surface area (Å²) in [5, 5.41) is 0. The van der Waals surface area contributed by atoms with Crippen molar-refractivity contribution in [2.24, 2.45) is 23.5 Å². The third-order valence-electron chi connectivity index (χ3n) is 4.68. The molecular weight excluding hydrogens is 198 g/mol. The lowest BCUT2D eigenvalue weighted by Crippen LogP contribution is -2.31. The van der Waals surface area contributed by atoms with E-state index in [0.717, 1.165) is 37.2 Å². The van der Waals surface area contributed by atoms with E-state index in [-0.39, 0.29) is 0 Å². The number of hydrogen-bond acceptors (Lipinski definition) is 2. The Kier molecular flexibility index (Phi) is 3.03. The summed E-state index contributed by atoms with van der Waals surface area (Å²) in [5.41, 5.74) is 5.90. The molecule has 0 aromatic heterocycles. The molecule has 2 saturated carbocycles. The second-order valence-corrected chi connectivity index (χ2v) is 5.91. The Labute approximate surface area is 98.2 Å². The van der Waals surface area contributed by atoms with E-state index in [1.807, 2.05) is 0 Å². The number of rotatable bonds is 3. The average Bonchev–Trinajstić information content (AvgIpc) is 2.90. The molecule has 0 saturated heterocycles. The molecule has 2 nitrogen and oxygen atoms in total. The Morgan fingerprint density at radius 2 is 1.88 bits per heavy atom. The topological polar surface area (TPSA) is 35.2 Å². The van der Waals surface area contributed by atoms with Gasteiger partial charge in [-0.2, -0.15) is 0 Å². The van der Waals surface area contributed by atoms with Crippen molar-refractivity contribution in [1.82, 2.24) is 0 Å². The summed E-state index contributed by atoms with van der Waals surface area (Å²) >= 11 is 0. The Balaban J connectivity index is 1.42. The van der Waals surface area contributed by atoms with Crippen LogP contribution in [0.4, 0.5) is 0 Å². The van der Waals surface area contributed by atoms with Crippen molar-refractivity contribution in [3.05, 3.63) is 12.2 Å². The Hall–Kier alpha value is -0.340. The maximum atomic E-state index is 6.08. The molecule has 2 N–H and O–H groups in total. The van der Waals surface area contributed by atoms with Gasteiger partial charge in [0.2, 0.25) is 0 Å². The minimum atomic E-state index is 0.435. The predicted octanol–water partition coefficient (Wildman–Crippen LogP) is 2.49. The number of fused-ring (bicyclic) bond motifs is 2. The molecule has 0 amide bonds. The van der Waals surface area contributed by atoms with Crippen molar-refractivity contribution in [3.8, 4) is 0 Å². The molecule has 3 aliphatic carbocycles. The Morgan fingerprint density at radius 1 is 1.06 bits per heavy atom. The zero-order valence-electron chi connectivity index (χ0n) is 9.98. The van der Waals surface area contributed by atoms with Gasteiger partial charge in [0.1, 0.15) is 0 Å². The van der Waals surface area contributed by atoms with E-state index in [1.165, 1.54) is 25.7 Å². The lowest BCUT2D eigenvalue weighted by molar-refractivity contribution is 0.000741. The molecule has 2 bridgehead atoms. The monoisotopic (exact) mass is 221 g/mol. The molecule has 2 fully saturated rings. The van der Waals surface area contributed by atoms with Gasteiger partial charge in [0.25, 0.3) is 0 Å². The van der Waals surface area contributed by atoms with Gasteiger partial charge in [0.05, 0.1) is 12.7 Å². The molecule has 2 heteroatoms. The van der Waals surface area contributed by atoms with Crippen LogP contribution in [-0.2, 0) is 4.74 Å². The van der Waals surface area contributed by atoms with Gasteiger partial charge >= 0.3 is 0 Å². The summed E-state index contributed by atoms with van der Waals surface area (Å²) in [4.78, 5) is 0. The van der Waals surface area contributed by atoms with E-state index in [2.05, 4.69) is 12.2 Å². The van der Waals surface area contributed by atoms with Crippen LogP contribution in [0.5, 0.6) is 0 Å². The highest BCUT2D eigenvalue weighted by Gasteiger charge is 2.36. The third-order valence-corrected chi connectivity index (χ3v) is 4.68. The standard InChI is InChI=1S/C14H23NO/c15-13-3-5-14(6-4-13)16-9-12-8-10-1-2-11(12)7-10/h1-2,10-14H,3-9,15H2. The average molecular weight is 221 g/mol. The lowest BCUT2D eigenvalue weighted by atomic mass is 9.92. The number of nitrogens with two attached hydrogens (primary N) is 1. The summed E-state index contributed by atoms with van der Waals surface area (Å²) in [7, 11) is 0. The van der Waals surface area contributed by atoms with Gasteiger partial charge in [-0.1, -0.05) is 12.2 Å². The SMILES string of the molecule is NC1CCC(OCC2CC3C=CC2C3)CC1. The van der Waals surface area contributed by atoms with Crippen LogP contribution in [0.3, 0.4) is 0 Å². The maximum Gasteiger partial charge on any atom is 0.0576 e. The highest BCUT2D eigenvalue weighted by Crippen LogP contribution is 2.43. The van der Waals surface area contributed by atoms with Crippen LogP contribution in [0.2, 0.25) is 0 Å². The first-order valence-electron chi connectivity index (χ1n) is 6.87. The van der Waals surface area contributed by atoms with Crippen LogP contribution in [0, 0.1) is 17.8 Å². The molecule has 3 atom stereocenters. The number of allylic oxidation sites excluding steroid dienone is 2. The highest BCUT2D eigenvalue weighted by atomic mass is 16.5. The first-order chi connectivity index (χ1) is 7.81. The van der Waals surface area contributed by atoms with E-state index in [0.29, 0.717) is 12.1 Å². The second kappa shape index (κ2) is 4.50. The summed E-state index contributed by atoms with van der Waals surface area (Å²) in [6.45, 7) is 0.991. The van der Waals surface area contributed by atoms with E-state index >= 15 is 0 Å². The van der Waals surface area contributed by atoms with Gasteiger partial charge in [-0.3, -0.25) is 0 Å². The normalized spacial score (nSPS) is 46.4. The smallest absolute Gasteiger partial charge is 0.0576 e. The number of ether oxygens (including phenoxy) is 1. The summed E-state index contributed by atoms with van der Waals surface area (Å²) in [6.07, 6.45) is 12.7. The molecule has 3 rings (SSSR count). The van der Waals surface area contributed by atoms with Gasteiger partial charge in [0.15, 0.2) is 0 Å². The van der Waals surface area contributed by atoms with E-state index in [9.17, 15) is 0 Å². The lowest BCUT2D eigenvalue weighted by Gasteiger charge is -2.28. The van der Waals surface area contributed by atoms with Crippen molar-refractivity contribution in [1.29, 1.82) is 0 Å². The van der Waals surface area contributed by atoms with E-state index < -0.39 is 0 Å². The first kappa shape index (κ1) is 10.8. The van der Waals surface area contributed by atoms with Crippen LogP contribution in [0.25, 0.3) is 0 Å². The van der Waals surface area contributed by atoms with E-state index in [1.54, 1.807) is 0 Å². The highest BCUT2D eigenvalue weighted by molar-refractivity contribution is 5.10. The fraction of sp³-hybridized carbons (Fsp3) is 0.857. The maximum absolute atomic E-state index is 6.08. The fourth-order valence-corrected chi connectivity index (χ4v) is 3.60. The van der Waals surface area contributed by atoms with Crippen LogP contribution >= 0.6 is 0 Å². The summed E-state index contributed by atoms with van der Waals surface area (Å²) in [6, 6.07) is 0.435. The van der Waals surface area contributed by atoms with Crippen molar-refractivity contribution in [2.75, 3.05) is 6.61 Å². The third kappa shape index (κ3) is 2.18. The zero-order valence-corrected chi connectivity index (χ0v) is 9.98. The van der Waals surface area contributed by atoms with Gasteiger partial charge in [-0.25, -0.2) is 0 Å². The predicted molar refractivity (Wildman–Crippen MR) is 65.0 cm³/mol. The van der Waals surface area contributed by atoms with Crippen molar-refractivity contribution < 1.29 is 4.74 Å². The summed E-state index contributed by atoms with van der Waals surface area (Å²) < 4.78 is 6.08. The molecule has 90 valence electrons. The van der Waals surface area contributed by atoms with Gasteiger partial charge in [-0.05, 0) is 56.3 Å². The molecule has 0 spiro atoms. The molecule has 3 aliphatic rings. The molecule has 0 radical (unpaired) electrons. The molecule has 0 aliphatic heterocycles. The Morgan fingerprint density at radius 3 is 2.50 bits per heavy atom. The van der Waals surface area contributed by atoms with Crippen LogP contribution < -0.4 is 5.73 Å². The largest absolute Gasteiger partial charge is 0.378 e. The van der Waals surface area contributed by atoms with Crippen LogP contribution in [0.1, 0.15) is 38.5 Å². The fourth-order valence-electron chi connectivity index (χ4n) is 3.60. The zero-order chi connectivity index (χ0) is 11.0. The van der Waals surface area contributed by atoms with Crippen molar-refractivity contribution in [3.63, 3.8) is 0 Å². The molecule has 0 heterocycles. The molecule has 16 heavy (non-hydrogen) atoms. The Bertz CT molecular complexity index is 268. The summed E-state index contributed by atoms with van der Waals surface area (Å²) in [5.74, 6) is 2.51. The molecular formula is C14H23NO. The van der Waals surface area contributed by atoms with Gasteiger partial charge < -0.3 is 10.5 Å². The second-order valence-electron chi connectivity index (χ2n) is 5.91. The van der Waals surface area contributed by atoms with Crippen molar-refractivity contribution >= 4 is 0 Å². The quantitative estimate of drug-likeness (QED) is 0.743. The van der Waals surface area contributed by atoms with Crippen LogP contribution in [0.15, 0.2) is 12.2 Å². The first-order valence-corrected chi connectivity index (χ1v) is 6.87. The van der Waals surface area contributed by atoms with Gasteiger partial charge in [0, 0.05) is 6.04 Å². The number of hydrogen-bond donors (Lipinski definition) is 1. The van der Waals surface area contributed by atoms with Crippen molar-refractivity contribution in [2.45, 2.75) is 50.7 Å². The minimum Gasteiger partial charge on any atom is -0.378 e. The van der Waals surface area contributed by atoms with Gasteiger partial charge in [-0.15, -0.1) is 0 Å². The van der Waals surface area contributed by atoms with E-state index in [4.69, 9.17) is 10.5 Å². The molecule has 0 aromatic rings. The molecule has 0 aromatic carbocycles. The van der Waals surface area contributed by atoms with Crippen LogP contribution in [-0.4, -0.2) is 18.8 Å². The minimum absolute atomic E-state index is 0.435.